The van der Waals surface area contributed by atoms with Gasteiger partial charge in [-0.05, 0) is 45.7 Å². The van der Waals surface area contributed by atoms with Crippen LogP contribution in [-0.4, -0.2) is 61.1 Å². The number of likely N-dealkylation sites (tertiary alicyclic amines) is 1. The minimum atomic E-state index is 0.513. The molecule has 0 bridgehead atoms. The second-order valence-corrected chi connectivity index (χ2v) is 7.28. The lowest BCUT2D eigenvalue weighted by molar-refractivity contribution is 0.252. The molecule has 1 aromatic carbocycles. The lowest BCUT2D eigenvalue weighted by Crippen LogP contribution is -2.41. The molecule has 1 aliphatic carbocycles. The predicted octanol–water partition coefficient (Wildman–Crippen LogP) is 2.92. The number of benzene rings is 1. The Bertz CT molecular complexity index is 538. The minimum absolute atomic E-state index is 0.513. The summed E-state index contributed by atoms with van der Waals surface area (Å²) in [5, 5.41) is 3.49. The Labute approximate surface area is 146 Å². The van der Waals surface area contributed by atoms with Crippen LogP contribution in [0.1, 0.15) is 44.6 Å². The van der Waals surface area contributed by atoms with Crippen LogP contribution < -0.4 is 5.32 Å². The second-order valence-electron chi connectivity index (χ2n) is 7.28. The first-order chi connectivity index (χ1) is 11.7. The van der Waals surface area contributed by atoms with E-state index in [1.165, 1.54) is 24.8 Å². The smallest absolute Gasteiger partial charge is 0.193 e. The molecule has 24 heavy (non-hydrogen) atoms. The number of guanidine groups is 1. The van der Waals surface area contributed by atoms with Crippen molar-refractivity contribution in [3.8, 4) is 0 Å². The molecular formula is C20H32N4. The number of likely N-dealkylation sites (N-methyl/N-ethyl adjacent to an activating group) is 1. The van der Waals surface area contributed by atoms with Gasteiger partial charge < -0.3 is 10.2 Å². The van der Waals surface area contributed by atoms with E-state index in [1.54, 1.807) is 0 Å². The third-order valence-electron chi connectivity index (χ3n) is 5.42. The first-order valence-corrected chi connectivity index (χ1v) is 9.49. The van der Waals surface area contributed by atoms with E-state index in [1.807, 2.05) is 0 Å². The van der Waals surface area contributed by atoms with Crippen LogP contribution in [0.2, 0.25) is 0 Å². The van der Waals surface area contributed by atoms with Crippen LogP contribution in [0, 0.1) is 0 Å². The van der Waals surface area contributed by atoms with Gasteiger partial charge in [0, 0.05) is 37.6 Å². The normalized spacial score (nSPS) is 22.9. The SMILES string of the molecule is CCNC(=NCC(C)N(C)C1CC1)N1CCC(c2ccccc2)C1. The van der Waals surface area contributed by atoms with Gasteiger partial charge in [-0.2, -0.15) is 0 Å². The third-order valence-corrected chi connectivity index (χ3v) is 5.42. The van der Waals surface area contributed by atoms with E-state index in [0.717, 1.165) is 38.2 Å². The fourth-order valence-corrected chi connectivity index (χ4v) is 3.56. The quantitative estimate of drug-likeness (QED) is 0.643. The number of rotatable bonds is 6. The number of nitrogens with one attached hydrogen (secondary N) is 1. The van der Waals surface area contributed by atoms with Gasteiger partial charge in [0.2, 0.25) is 0 Å². The average molecular weight is 329 g/mol. The molecule has 2 fully saturated rings. The molecule has 1 saturated carbocycles. The largest absolute Gasteiger partial charge is 0.357 e. The second kappa shape index (κ2) is 8.02. The lowest BCUT2D eigenvalue weighted by Gasteiger charge is -2.25. The fraction of sp³-hybridized carbons (Fsp3) is 0.650. The van der Waals surface area contributed by atoms with Crippen LogP contribution in [0.3, 0.4) is 0 Å². The van der Waals surface area contributed by atoms with Crippen molar-refractivity contribution in [1.82, 2.24) is 15.1 Å². The zero-order valence-electron chi connectivity index (χ0n) is 15.4. The standard InChI is InChI=1S/C20H32N4/c1-4-21-20(22-14-16(2)23(3)19-10-11-19)24-13-12-18(15-24)17-8-6-5-7-9-17/h5-9,16,18-19H,4,10-15H2,1-3H3,(H,21,22). The number of aliphatic imine (C=N–C) groups is 1. The Kier molecular flexibility index (Phi) is 5.77. The van der Waals surface area contributed by atoms with Gasteiger partial charge in [0.15, 0.2) is 5.96 Å². The Morgan fingerprint density at radius 3 is 2.71 bits per heavy atom. The maximum absolute atomic E-state index is 4.94. The average Bonchev–Trinajstić information content (AvgIpc) is 3.35. The van der Waals surface area contributed by atoms with Crippen LogP contribution in [0.15, 0.2) is 35.3 Å². The summed E-state index contributed by atoms with van der Waals surface area (Å²) < 4.78 is 0. The van der Waals surface area contributed by atoms with Crippen molar-refractivity contribution in [1.29, 1.82) is 0 Å². The molecule has 2 atom stereocenters. The highest BCUT2D eigenvalue weighted by atomic mass is 15.3. The van der Waals surface area contributed by atoms with E-state index in [0.29, 0.717) is 12.0 Å². The highest BCUT2D eigenvalue weighted by Gasteiger charge is 2.29. The van der Waals surface area contributed by atoms with Gasteiger partial charge in [-0.15, -0.1) is 0 Å². The molecule has 0 radical (unpaired) electrons. The third kappa shape index (κ3) is 4.29. The van der Waals surface area contributed by atoms with Gasteiger partial charge in [0.25, 0.3) is 0 Å². The molecule has 2 unspecified atom stereocenters. The van der Waals surface area contributed by atoms with Crippen molar-refractivity contribution in [3.63, 3.8) is 0 Å². The van der Waals surface area contributed by atoms with Crippen molar-refractivity contribution < 1.29 is 0 Å². The summed E-state index contributed by atoms with van der Waals surface area (Å²) in [7, 11) is 2.24. The summed E-state index contributed by atoms with van der Waals surface area (Å²) in [6, 6.07) is 12.2. The van der Waals surface area contributed by atoms with Crippen LogP contribution in [0.4, 0.5) is 0 Å². The highest BCUT2D eigenvalue weighted by molar-refractivity contribution is 5.80. The molecule has 0 amide bonds. The molecule has 4 heteroatoms. The predicted molar refractivity (Wildman–Crippen MR) is 102 cm³/mol. The summed E-state index contributed by atoms with van der Waals surface area (Å²) in [6.07, 6.45) is 3.93. The number of hydrogen-bond acceptors (Lipinski definition) is 2. The molecule has 4 nitrogen and oxygen atoms in total. The molecule has 1 heterocycles. The van der Waals surface area contributed by atoms with Gasteiger partial charge in [-0.3, -0.25) is 9.89 Å². The molecular weight excluding hydrogens is 296 g/mol. The first-order valence-electron chi connectivity index (χ1n) is 9.49. The molecule has 3 rings (SSSR count). The Morgan fingerprint density at radius 2 is 2.04 bits per heavy atom. The molecule has 1 aliphatic heterocycles. The summed E-state index contributed by atoms with van der Waals surface area (Å²) in [4.78, 5) is 9.87. The van der Waals surface area contributed by atoms with Gasteiger partial charge >= 0.3 is 0 Å². The Hall–Kier alpha value is -1.55. The molecule has 1 N–H and O–H groups in total. The zero-order chi connectivity index (χ0) is 16.9. The van der Waals surface area contributed by atoms with Gasteiger partial charge in [-0.1, -0.05) is 30.3 Å². The maximum atomic E-state index is 4.94. The minimum Gasteiger partial charge on any atom is -0.357 e. The summed E-state index contributed by atoms with van der Waals surface area (Å²) >= 11 is 0. The van der Waals surface area contributed by atoms with E-state index in [9.17, 15) is 0 Å². The first kappa shape index (κ1) is 17.3. The van der Waals surface area contributed by atoms with Crippen molar-refractivity contribution in [3.05, 3.63) is 35.9 Å². The Morgan fingerprint density at radius 1 is 1.29 bits per heavy atom. The number of hydrogen-bond donors (Lipinski definition) is 1. The van der Waals surface area contributed by atoms with Crippen molar-refractivity contribution in [2.75, 3.05) is 33.2 Å². The molecule has 0 aromatic heterocycles. The van der Waals surface area contributed by atoms with Gasteiger partial charge in [0.1, 0.15) is 0 Å². The van der Waals surface area contributed by atoms with E-state index in [4.69, 9.17) is 4.99 Å². The number of nitrogens with zero attached hydrogens (tertiary/aromatic N) is 3. The highest BCUT2D eigenvalue weighted by Crippen LogP contribution is 2.28. The Balaban J connectivity index is 1.59. The summed E-state index contributed by atoms with van der Waals surface area (Å²) in [5.41, 5.74) is 1.46. The summed E-state index contributed by atoms with van der Waals surface area (Å²) in [5.74, 6) is 1.72. The van der Waals surface area contributed by atoms with Crippen LogP contribution >= 0.6 is 0 Å². The topological polar surface area (TPSA) is 30.9 Å². The van der Waals surface area contributed by atoms with Gasteiger partial charge in [-0.25, -0.2) is 0 Å². The van der Waals surface area contributed by atoms with Crippen LogP contribution in [-0.2, 0) is 0 Å². The molecule has 132 valence electrons. The zero-order valence-corrected chi connectivity index (χ0v) is 15.4. The van der Waals surface area contributed by atoms with Crippen molar-refractivity contribution in [2.45, 2.75) is 51.1 Å². The van der Waals surface area contributed by atoms with Crippen LogP contribution in [0.25, 0.3) is 0 Å². The van der Waals surface area contributed by atoms with Crippen LogP contribution in [0.5, 0.6) is 0 Å². The van der Waals surface area contributed by atoms with Gasteiger partial charge in [0.05, 0.1) is 6.54 Å². The lowest BCUT2D eigenvalue weighted by atomic mass is 9.99. The molecule has 0 spiro atoms. The van der Waals surface area contributed by atoms with E-state index in [2.05, 4.69) is 66.3 Å². The van der Waals surface area contributed by atoms with Crippen molar-refractivity contribution in [2.24, 2.45) is 4.99 Å². The molecule has 1 aromatic rings. The monoisotopic (exact) mass is 328 g/mol. The molecule has 2 aliphatic rings. The van der Waals surface area contributed by atoms with E-state index in [-0.39, 0.29) is 0 Å². The van der Waals surface area contributed by atoms with Crippen molar-refractivity contribution >= 4 is 5.96 Å². The summed E-state index contributed by atoms with van der Waals surface area (Å²) in [6.45, 7) is 8.42. The van der Waals surface area contributed by atoms with E-state index < -0.39 is 0 Å². The maximum Gasteiger partial charge on any atom is 0.193 e. The van der Waals surface area contributed by atoms with E-state index >= 15 is 0 Å². The fourth-order valence-electron chi connectivity index (χ4n) is 3.56. The molecule has 1 saturated heterocycles.